The van der Waals surface area contributed by atoms with E-state index in [0.717, 1.165) is 0 Å². The highest BCUT2D eigenvalue weighted by molar-refractivity contribution is 7.08. The van der Waals surface area contributed by atoms with Crippen molar-refractivity contribution in [3.63, 3.8) is 0 Å². The van der Waals surface area contributed by atoms with E-state index in [4.69, 9.17) is 4.74 Å². The molecule has 1 unspecified atom stereocenters. The van der Waals surface area contributed by atoms with Gasteiger partial charge in [0.05, 0.1) is 6.61 Å². The summed E-state index contributed by atoms with van der Waals surface area (Å²) in [5, 5.41) is 7.04. The highest BCUT2D eigenvalue weighted by atomic mass is 32.1. The smallest absolute Gasteiger partial charge is 0.407 e. The normalized spacial score (nSPS) is 12.2. The van der Waals surface area contributed by atoms with Crippen molar-refractivity contribution in [2.45, 2.75) is 26.7 Å². The number of ether oxygens (including phenoxy) is 1. The molecule has 1 aromatic heterocycles. The van der Waals surface area contributed by atoms with E-state index in [-0.39, 0.29) is 12.0 Å². The van der Waals surface area contributed by atoms with Gasteiger partial charge in [0.25, 0.3) is 0 Å². The van der Waals surface area contributed by atoms with Crippen molar-refractivity contribution >= 4 is 17.4 Å². The van der Waals surface area contributed by atoms with Gasteiger partial charge in [0.15, 0.2) is 0 Å². The molecule has 118 valence electrons. The van der Waals surface area contributed by atoms with E-state index in [1.54, 1.807) is 11.3 Å². The van der Waals surface area contributed by atoms with Gasteiger partial charge in [-0.15, -0.1) is 0 Å². The van der Waals surface area contributed by atoms with Gasteiger partial charge in [0.1, 0.15) is 0 Å². The van der Waals surface area contributed by atoms with E-state index in [9.17, 15) is 4.79 Å². The zero-order valence-electron chi connectivity index (χ0n) is 13.3. The third-order valence-electron chi connectivity index (χ3n) is 3.43. The van der Waals surface area contributed by atoms with Gasteiger partial charge in [-0.25, -0.2) is 4.79 Å². The van der Waals surface area contributed by atoms with Crippen LogP contribution in [0.4, 0.5) is 4.79 Å². The van der Waals surface area contributed by atoms with Crippen LogP contribution in [0.3, 0.4) is 0 Å². The quantitative estimate of drug-likeness (QED) is 0.823. The molecule has 0 spiro atoms. The molecule has 0 saturated heterocycles. The molecule has 3 nitrogen and oxygen atoms in total. The molecule has 0 radical (unpaired) electrons. The van der Waals surface area contributed by atoms with Crippen molar-refractivity contribution in [2.75, 3.05) is 13.2 Å². The van der Waals surface area contributed by atoms with Crippen LogP contribution in [0.15, 0.2) is 41.1 Å². The Morgan fingerprint density at radius 2 is 1.86 bits per heavy atom. The number of amides is 1. The van der Waals surface area contributed by atoms with Crippen LogP contribution in [0.25, 0.3) is 11.1 Å². The van der Waals surface area contributed by atoms with Crippen LogP contribution >= 0.6 is 11.3 Å². The first-order chi connectivity index (χ1) is 10.6. The molecule has 22 heavy (non-hydrogen) atoms. The second kappa shape index (κ2) is 7.99. The van der Waals surface area contributed by atoms with Crippen LogP contribution in [-0.4, -0.2) is 19.2 Å². The highest BCUT2D eigenvalue weighted by Gasteiger charge is 2.09. The number of rotatable bonds is 6. The molecular formula is C18H23NO2S. The summed E-state index contributed by atoms with van der Waals surface area (Å²) in [5.74, 6) is 0.607. The van der Waals surface area contributed by atoms with Gasteiger partial charge in [0.2, 0.25) is 0 Å². The van der Waals surface area contributed by atoms with Gasteiger partial charge in [-0.3, -0.25) is 0 Å². The molecule has 2 aromatic rings. The average Bonchev–Trinajstić information content (AvgIpc) is 3.05. The summed E-state index contributed by atoms with van der Waals surface area (Å²) in [6.07, 6.45) is -0.338. The maximum absolute atomic E-state index is 11.6. The van der Waals surface area contributed by atoms with E-state index in [2.05, 4.69) is 53.3 Å². The Hall–Kier alpha value is -1.81. The second-order valence-electron chi connectivity index (χ2n) is 5.91. The van der Waals surface area contributed by atoms with Gasteiger partial charge in [-0.1, -0.05) is 45.0 Å². The summed E-state index contributed by atoms with van der Waals surface area (Å²) in [7, 11) is 0. The van der Waals surface area contributed by atoms with E-state index in [1.165, 1.54) is 16.7 Å². The van der Waals surface area contributed by atoms with Gasteiger partial charge < -0.3 is 10.1 Å². The van der Waals surface area contributed by atoms with E-state index >= 15 is 0 Å². The number of benzene rings is 1. The van der Waals surface area contributed by atoms with Gasteiger partial charge in [0, 0.05) is 6.54 Å². The fourth-order valence-electron chi connectivity index (χ4n) is 2.08. The molecule has 0 aliphatic carbocycles. The molecule has 0 bridgehead atoms. The first-order valence-corrected chi connectivity index (χ1v) is 8.53. The Kier molecular flexibility index (Phi) is 6.01. The summed E-state index contributed by atoms with van der Waals surface area (Å²) in [6, 6.07) is 10.6. The van der Waals surface area contributed by atoms with Crippen LogP contribution in [0.2, 0.25) is 0 Å². The number of thiophene rings is 1. The first-order valence-electron chi connectivity index (χ1n) is 7.59. The highest BCUT2D eigenvalue weighted by Crippen LogP contribution is 2.24. The maximum Gasteiger partial charge on any atom is 0.407 e. The van der Waals surface area contributed by atoms with Crippen molar-refractivity contribution in [2.24, 2.45) is 5.92 Å². The minimum absolute atomic E-state index is 0.253. The lowest BCUT2D eigenvalue weighted by Gasteiger charge is -2.14. The lowest BCUT2D eigenvalue weighted by Crippen LogP contribution is -2.29. The van der Waals surface area contributed by atoms with Gasteiger partial charge in [-0.2, -0.15) is 11.3 Å². The number of carbonyl (C=O) groups is 1. The number of alkyl carbamates (subject to hydrolysis) is 1. The van der Waals surface area contributed by atoms with Crippen molar-refractivity contribution in [3.8, 4) is 11.1 Å². The molecule has 1 N–H and O–H groups in total. The SMILES string of the molecule is CC(C)COC(=O)NCC(C)c1ccc(-c2ccsc2)cc1. The van der Waals surface area contributed by atoms with Crippen LogP contribution in [0.5, 0.6) is 0 Å². The molecule has 0 aliphatic heterocycles. The minimum atomic E-state index is -0.338. The Morgan fingerprint density at radius 1 is 1.14 bits per heavy atom. The molecular weight excluding hydrogens is 294 g/mol. The van der Waals surface area contributed by atoms with E-state index < -0.39 is 0 Å². The van der Waals surface area contributed by atoms with Crippen LogP contribution in [-0.2, 0) is 4.74 Å². The van der Waals surface area contributed by atoms with E-state index in [1.807, 2.05) is 13.8 Å². The fraction of sp³-hybridized carbons (Fsp3) is 0.389. The third kappa shape index (κ3) is 4.88. The van der Waals surface area contributed by atoms with Crippen LogP contribution in [0.1, 0.15) is 32.3 Å². The van der Waals surface area contributed by atoms with E-state index in [0.29, 0.717) is 19.1 Å². The summed E-state index contributed by atoms with van der Waals surface area (Å²) in [5.41, 5.74) is 3.68. The second-order valence-corrected chi connectivity index (χ2v) is 6.69. The molecule has 1 amide bonds. The molecule has 1 atom stereocenters. The Morgan fingerprint density at radius 3 is 2.45 bits per heavy atom. The van der Waals surface area contributed by atoms with Gasteiger partial charge in [-0.05, 0) is 45.4 Å². The topological polar surface area (TPSA) is 38.3 Å². The van der Waals surface area contributed by atoms with Crippen LogP contribution in [0, 0.1) is 5.92 Å². The Labute approximate surface area is 136 Å². The predicted molar refractivity (Wildman–Crippen MR) is 92.4 cm³/mol. The zero-order chi connectivity index (χ0) is 15.9. The summed E-state index contributed by atoms with van der Waals surface area (Å²) in [6.45, 7) is 7.17. The first kappa shape index (κ1) is 16.6. The number of hydrogen-bond acceptors (Lipinski definition) is 3. The van der Waals surface area contributed by atoms with Crippen LogP contribution < -0.4 is 5.32 Å². The zero-order valence-corrected chi connectivity index (χ0v) is 14.2. The monoisotopic (exact) mass is 317 g/mol. The van der Waals surface area contributed by atoms with Gasteiger partial charge >= 0.3 is 6.09 Å². The number of carbonyl (C=O) groups excluding carboxylic acids is 1. The molecule has 0 saturated carbocycles. The number of nitrogens with one attached hydrogen (secondary N) is 1. The van der Waals surface area contributed by atoms with Crippen molar-refractivity contribution in [1.29, 1.82) is 0 Å². The fourth-order valence-corrected chi connectivity index (χ4v) is 2.75. The standard InChI is InChI=1S/C18H23NO2S/c1-13(2)11-21-18(20)19-10-14(3)15-4-6-16(7-5-15)17-8-9-22-12-17/h4-9,12-14H,10-11H2,1-3H3,(H,19,20). The van der Waals surface area contributed by atoms with Crippen molar-refractivity contribution in [1.82, 2.24) is 5.32 Å². The molecule has 0 aliphatic rings. The summed E-state index contributed by atoms with van der Waals surface area (Å²) < 4.78 is 5.11. The maximum atomic E-state index is 11.6. The predicted octanol–water partition coefficient (Wildman–Crippen LogP) is 4.90. The Bertz CT molecular complexity index is 576. The molecule has 1 aromatic carbocycles. The molecule has 4 heteroatoms. The lowest BCUT2D eigenvalue weighted by molar-refractivity contribution is 0.132. The largest absolute Gasteiger partial charge is 0.449 e. The molecule has 0 fully saturated rings. The number of hydrogen-bond donors (Lipinski definition) is 1. The lowest BCUT2D eigenvalue weighted by atomic mass is 9.98. The van der Waals surface area contributed by atoms with Crippen molar-refractivity contribution < 1.29 is 9.53 Å². The average molecular weight is 317 g/mol. The minimum Gasteiger partial charge on any atom is -0.449 e. The Balaban J connectivity index is 1.85. The summed E-state index contributed by atoms with van der Waals surface area (Å²) in [4.78, 5) is 11.6. The van der Waals surface area contributed by atoms with Crippen molar-refractivity contribution in [3.05, 3.63) is 46.7 Å². The third-order valence-corrected chi connectivity index (χ3v) is 4.12. The summed E-state index contributed by atoms with van der Waals surface area (Å²) >= 11 is 1.70. The molecule has 2 rings (SSSR count). The molecule has 1 heterocycles.